The van der Waals surface area contributed by atoms with E-state index in [9.17, 15) is 14.4 Å². The van der Waals surface area contributed by atoms with Gasteiger partial charge in [0.2, 0.25) is 0 Å². The Labute approximate surface area is 182 Å². The fraction of sp³-hybridized carbons (Fsp3) is 0.458. The summed E-state index contributed by atoms with van der Waals surface area (Å²) in [6.07, 6.45) is 1.68. The highest BCUT2D eigenvalue weighted by atomic mass is 16.5. The maximum atomic E-state index is 13.3. The average Bonchev–Trinajstić information content (AvgIpc) is 2.73. The van der Waals surface area contributed by atoms with E-state index in [2.05, 4.69) is 4.98 Å². The van der Waals surface area contributed by atoms with Gasteiger partial charge in [-0.15, -0.1) is 0 Å². The number of aromatic amines is 1. The molecule has 1 aliphatic heterocycles. The summed E-state index contributed by atoms with van der Waals surface area (Å²) in [4.78, 5) is 43.2. The molecule has 1 fully saturated rings. The monoisotopic (exact) mass is 426 g/mol. The smallest absolute Gasteiger partial charge is 0.314 e. The van der Waals surface area contributed by atoms with Gasteiger partial charge in [0.05, 0.1) is 19.1 Å². The molecular weight excluding hydrogens is 396 g/mol. The van der Waals surface area contributed by atoms with Crippen LogP contribution in [0.25, 0.3) is 0 Å². The van der Waals surface area contributed by atoms with Gasteiger partial charge in [-0.1, -0.05) is 12.1 Å². The normalized spacial score (nSPS) is 18.5. The summed E-state index contributed by atoms with van der Waals surface area (Å²) in [6.45, 7) is 6.28. The van der Waals surface area contributed by atoms with Gasteiger partial charge in [-0.3, -0.25) is 14.4 Å². The van der Waals surface area contributed by atoms with E-state index in [0.717, 1.165) is 5.56 Å². The summed E-state index contributed by atoms with van der Waals surface area (Å²) in [7, 11) is 1.60. The number of methoxy groups -OCH3 is 1. The summed E-state index contributed by atoms with van der Waals surface area (Å²) in [6, 6.07) is 9.36. The number of nitrogens with zero attached hydrogens (tertiary/aromatic N) is 1. The number of aromatic nitrogens is 1. The topological polar surface area (TPSA) is 88.7 Å². The van der Waals surface area contributed by atoms with Crippen LogP contribution >= 0.6 is 0 Å². The van der Waals surface area contributed by atoms with E-state index in [0.29, 0.717) is 42.8 Å². The van der Waals surface area contributed by atoms with Gasteiger partial charge in [0, 0.05) is 18.8 Å². The van der Waals surface area contributed by atoms with Crippen molar-refractivity contribution in [1.29, 1.82) is 0 Å². The number of carbonyl (C=O) groups is 2. The lowest BCUT2D eigenvalue weighted by atomic mass is 9.75. The van der Waals surface area contributed by atoms with E-state index in [1.807, 2.05) is 24.3 Å². The minimum absolute atomic E-state index is 0.131. The maximum Gasteiger partial charge on any atom is 0.314 e. The van der Waals surface area contributed by atoms with Crippen LogP contribution in [0.2, 0.25) is 0 Å². The number of H-pyrrole nitrogens is 1. The minimum atomic E-state index is -0.873. The molecule has 1 N–H and O–H groups in total. The molecule has 1 aliphatic rings. The molecule has 1 saturated heterocycles. The van der Waals surface area contributed by atoms with Crippen LogP contribution in [0.15, 0.2) is 35.1 Å². The van der Waals surface area contributed by atoms with Gasteiger partial charge in [-0.2, -0.15) is 0 Å². The first kappa shape index (κ1) is 22.6. The molecule has 0 spiro atoms. The Balaban J connectivity index is 1.94. The zero-order valence-corrected chi connectivity index (χ0v) is 18.6. The summed E-state index contributed by atoms with van der Waals surface area (Å²) >= 11 is 0. The van der Waals surface area contributed by atoms with E-state index in [4.69, 9.17) is 9.47 Å². The second-order valence-electron chi connectivity index (χ2n) is 8.20. The Morgan fingerprint density at radius 3 is 2.68 bits per heavy atom. The third kappa shape index (κ3) is 4.81. The fourth-order valence-electron chi connectivity index (χ4n) is 4.42. The predicted octanol–water partition coefficient (Wildman–Crippen LogP) is 3.03. The highest BCUT2D eigenvalue weighted by Crippen LogP contribution is 2.36. The van der Waals surface area contributed by atoms with Crippen molar-refractivity contribution < 1.29 is 19.1 Å². The number of amides is 1. The summed E-state index contributed by atoms with van der Waals surface area (Å²) < 4.78 is 10.8. The van der Waals surface area contributed by atoms with Gasteiger partial charge >= 0.3 is 5.97 Å². The second kappa shape index (κ2) is 9.37. The largest absolute Gasteiger partial charge is 0.497 e. The van der Waals surface area contributed by atoms with Crippen molar-refractivity contribution in [2.45, 2.75) is 40.0 Å². The van der Waals surface area contributed by atoms with Crippen molar-refractivity contribution >= 4 is 11.9 Å². The third-order valence-corrected chi connectivity index (χ3v) is 5.83. The van der Waals surface area contributed by atoms with Crippen LogP contribution in [0.3, 0.4) is 0 Å². The zero-order chi connectivity index (χ0) is 22.6. The van der Waals surface area contributed by atoms with Crippen molar-refractivity contribution in [3.05, 3.63) is 63.1 Å². The lowest BCUT2D eigenvalue weighted by Crippen LogP contribution is -2.52. The van der Waals surface area contributed by atoms with E-state index in [1.54, 1.807) is 38.8 Å². The molecule has 0 saturated carbocycles. The summed E-state index contributed by atoms with van der Waals surface area (Å²) in [5.41, 5.74) is 1.13. The van der Waals surface area contributed by atoms with Crippen LogP contribution < -0.4 is 10.3 Å². The van der Waals surface area contributed by atoms with Gasteiger partial charge in [-0.05, 0) is 69.4 Å². The van der Waals surface area contributed by atoms with Crippen LogP contribution in [0.1, 0.15) is 46.9 Å². The van der Waals surface area contributed by atoms with Crippen LogP contribution in [0.4, 0.5) is 0 Å². The molecule has 1 aromatic carbocycles. The number of likely N-dealkylation sites (tertiary alicyclic amines) is 1. The van der Waals surface area contributed by atoms with E-state index < -0.39 is 11.0 Å². The number of pyridine rings is 1. The van der Waals surface area contributed by atoms with Gasteiger partial charge in [0.1, 0.15) is 11.3 Å². The molecule has 1 atom stereocenters. The van der Waals surface area contributed by atoms with Gasteiger partial charge < -0.3 is 19.4 Å². The lowest BCUT2D eigenvalue weighted by Gasteiger charge is -2.41. The number of piperidine rings is 1. The number of rotatable bonds is 6. The molecular formula is C24H30N2O5. The van der Waals surface area contributed by atoms with Crippen molar-refractivity contribution in [2.75, 3.05) is 26.8 Å². The van der Waals surface area contributed by atoms with Crippen molar-refractivity contribution in [3.8, 4) is 5.75 Å². The molecule has 7 heteroatoms. The molecule has 0 radical (unpaired) electrons. The molecule has 0 bridgehead atoms. The number of carbonyl (C=O) groups excluding carboxylic acids is 2. The molecule has 3 rings (SSSR count). The number of hydrogen-bond acceptors (Lipinski definition) is 5. The van der Waals surface area contributed by atoms with Crippen molar-refractivity contribution in [3.63, 3.8) is 0 Å². The quantitative estimate of drug-likeness (QED) is 0.718. The number of benzene rings is 1. The van der Waals surface area contributed by atoms with Crippen LogP contribution in [0.5, 0.6) is 5.75 Å². The van der Waals surface area contributed by atoms with Crippen LogP contribution in [-0.4, -0.2) is 48.6 Å². The van der Waals surface area contributed by atoms with Gasteiger partial charge in [0.25, 0.3) is 11.5 Å². The molecule has 166 valence electrons. The number of hydrogen-bond donors (Lipinski definition) is 1. The molecule has 2 heterocycles. The Kier molecular flexibility index (Phi) is 6.83. The average molecular weight is 427 g/mol. The summed E-state index contributed by atoms with van der Waals surface area (Å²) in [5, 5.41) is 0. The predicted molar refractivity (Wildman–Crippen MR) is 117 cm³/mol. The van der Waals surface area contributed by atoms with E-state index >= 15 is 0 Å². The maximum absolute atomic E-state index is 13.3. The Hall–Kier alpha value is -3.09. The van der Waals surface area contributed by atoms with E-state index in [1.165, 1.54) is 0 Å². The van der Waals surface area contributed by atoms with E-state index in [-0.39, 0.29) is 30.6 Å². The fourth-order valence-corrected chi connectivity index (χ4v) is 4.42. The van der Waals surface area contributed by atoms with Gasteiger partial charge in [-0.25, -0.2) is 0 Å². The zero-order valence-electron chi connectivity index (χ0n) is 18.6. The Morgan fingerprint density at radius 1 is 1.23 bits per heavy atom. The number of esters is 1. The van der Waals surface area contributed by atoms with Gasteiger partial charge in [0.15, 0.2) is 0 Å². The number of nitrogens with one attached hydrogen (secondary N) is 1. The highest BCUT2D eigenvalue weighted by molar-refractivity contribution is 5.95. The molecule has 7 nitrogen and oxygen atoms in total. The molecule has 2 aromatic rings. The first-order chi connectivity index (χ1) is 14.8. The molecule has 1 unspecified atom stereocenters. The third-order valence-electron chi connectivity index (χ3n) is 5.83. The molecule has 31 heavy (non-hydrogen) atoms. The molecule has 1 amide bonds. The van der Waals surface area contributed by atoms with Crippen molar-refractivity contribution in [1.82, 2.24) is 9.88 Å². The summed E-state index contributed by atoms with van der Waals surface area (Å²) in [5.74, 6) is 0.0460. The molecule has 0 aliphatic carbocycles. The first-order valence-corrected chi connectivity index (χ1v) is 10.6. The molecule has 1 aromatic heterocycles. The van der Waals surface area contributed by atoms with Crippen molar-refractivity contribution in [2.24, 2.45) is 5.41 Å². The lowest BCUT2D eigenvalue weighted by molar-refractivity contribution is -0.158. The Morgan fingerprint density at radius 2 is 2.00 bits per heavy atom. The highest BCUT2D eigenvalue weighted by Gasteiger charge is 2.45. The first-order valence-electron chi connectivity index (χ1n) is 10.6. The van der Waals surface area contributed by atoms with Crippen LogP contribution in [0, 0.1) is 19.3 Å². The minimum Gasteiger partial charge on any atom is -0.497 e. The number of ether oxygens (including phenoxy) is 2. The number of aryl methyl sites for hydroxylation is 2. The Bertz CT molecular complexity index is 1030. The second-order valence-corrected chi connectivity index (χ2v) is 8.20. The van der Waals surface area contributed by atoms with Crippen LogP contribution in [-0.2, 0) is 16.0 Å². The standard InChI is InChI=1S/C24H30N2O5/c1-5-31-23(29)24(14-18-8-6-9-19(13-18)30-4)10-7-11-26(15-24)22(28)20-16(2)12-17(3)25-21(20)27/h6,8-9,12-13H,5,7,10-11,14-15H2,1-4H3,(H,25,27). The SMILES string of the molecule is CCOC(=O)C1(Cc2cccc(OC)c2)CCCN(C(=O)c2c(C)cc(C)[nH]c2=O)C1.